The highest BCUT2D eigenvalue weighted by molar-refractivity contribution is 7.86. The zero-order valence-corrected chi connectivity index (χ0v) is 22.4. The van der Waals surface area contributed by atoms with Gasteiger partial charge in [0.2, 0.25) is 5.95 Å². The van der Waals surface area contributed by atoms with E-state index in [-0.39, 0.29) is 10.6 Å². The second-order valence-corrected chi connectivity index (χ2v) is 11.2. The molecule has 0 amide bonds. The average molecular weight is 563 g/mol. The van der Waals surface area contributed by atoms with E-state index in [4.69, 9.17) is 0 Å². The van der Waals surface area contributed by atoms with Gasteiger partial charge in [0.05, 0.1) is 15.9 Å². The van der Waals surface area contributed by atoms with Crippen molar-refractivity contribution in [1.82, 2.24) is 9.97 Å². The van der Waals surface area contributed by atoms with Crippen molar-refractivity contribution in [2.24, 2.45) is 5.41 Å². The van der Waals surface area contributed by atoms with Gasteiger partial charge in [-0.15, -0.1) is 13.2 Å². The van der Waals surface area contributed by atoms with E-state index in [2.05, 4.69) is 38.6 Å². The summed E-state index contributed by atoms with van der Waals surface area (Å²) in [7, 11) is -1.79. The molecular formula is C28H30F4N4O2S. The highest BCUT2D eigenvalue weighted by atomic mass is 32.2. The summed E-state index contributed by atoms with van der Waals surface area (Å²) in [4.78, 5) is 7.39. The van der Waals surface area contributed by atoms with Gasteiger partial charge in [0.15, 0.2) is 11.0 Å². The van der Waals surface area contributed by atoms with E-state index in [1.165, 1.54) is 74.6 Å². The van der Waals surface area contributed by atoms with Crippen LogP contribution in [0.1, 0.15) is 46.0 Å². The number of nitrogens with one attached hydrogen (secondary N) is 3. The maximum atomic E-state index is 13.8. The first-order valence-electron chi connectivity index (χ1n) is 12.5. The van der Waals surface area contributed by atoms with Gasteiger partial charge in [-0.2, -0.15) is 0 Å². The van der Waals surface area contributed by atoms with Crippen LogP contribution in [0, 0.1) is 11.2 Å². The van der Waals surface area contributed by atoms with Crippen LogP contribution >= 0.6 is 0 Å². The minimum atomic E-state index is -4.75. The molecule has 11 heteroatoms. The quantitative estimate of drug-likeness (QED) is 0.206. The lowest BCUT2D eigenvalue weighted by molar-refractivity contribution is -0.274. The number of anilines is 3. The number of hydrogen-bond acceptors (Lipinski definition) is 4. The third-order valence-electron chi connectivity index (χ3n) is 6.29. The lowest BCUT2D eigenvalue weighted by Gasteiger charge is -2.28. The lowest BCUT2D eigenvalue weighted by Crippen LogP contribution is -2.16. The maximum absolute atomic E-state index is 13.8. The summed E-state index contributed by atoms with van der Waals surface area (Å²) in [5.74, 6) is -0.554. The second kappa shape index (κ2) is 12.1. The Morgan fingerprint density at radius 3 is 2.23 bits per heavy atom. The molecule has 0 aliphatic heterocycles. The number of alkyl halides is 3. The fourth-order valence-electron chi connectivity index (χ4n) is 4.27. The van der Waals surface area contributed by atoms with Crippen molar-refractivity contribution < 1.29 is 26.5 Å². The van der Waals surface area contributed by atoms with E-state index in [0.717, 1.165) is 0 Å². The smallest absolute Gasteiger partial charge is 0.406 e. The Morgan fingerprint density at radius 1 is 0.949 bits per heavy atom. The number of benzene rings is 3. The highest BCUT2D eigenvalue weighted by Gasteiger charge is 2.31. The van der Waals surface area contributed by atoms with E-state index in [0.29, 0.717) is 33.8 Å². The number of H-pyrrole nitrogens is 1. The predicted octanol–water partition coefficient (Wildman–Crippen LogP) is 8.46. The van der Waals surface area contributed by atoms with Crippen LogP contribution in [0.25, 0.3) is 11.0 Å². The van der Waals surface area contributed by atoms with Crippen LogP contribution in [-0.2, 0) is 11.0 Å². The first kappa shape index (κ1) is 28.4. The van der Waals surface area contributed by atoms with Crippen LogP contribution in [0.15, 0.2) is 71.6 Å². The monoisotopic (exact) mass is 562 g/mol. The molecule has 1 heterocycles. The van der Waals surface area contributed by atoms with Crippen molar-refractivity contribution in [1.29, 1.82) is 0 Å². The first-order valence-corrected chi connectivity index (χ1v) is 13.7. The van der Waals surface area contributed by atoms with Gasteiger partial charge in [-0.3, -0.25) is 0 Å². The van der Waals surface area contributed by atoms with Crippen molar-refractivity contribution >= 4 is 39.3 Å². The Balaban J connectivity index is 0.000000379. The third kappa shape index (κ3) is 8.44. The Labute approximate surface area is 226 Å². The third-order valence-corrected chi connectivity index (χ3v) is 7.44. The molecule has 0 radical (unpaired) electrons. The summed E-state index contributed by atoms with van der Waals surface area (Å²) in [6.45, 7) is 4.76. The van der Waals surface area contributed by atoms with E-state index in [9.17, 15) is 21.8 Å². The van der Waals surface area contributed by atoms with Gasteiger partial charge in [0, 0.05) is 11.4 Å². The summed E-state index contributed by atoms with van der Waals surface area (Å²) in [5.41, 5.74) is 2.86. The molecule has 0 saturated heterocycles. The van der Waals surface area contributed by atoms with Gasteiger partial charge < -0.3 is 19.8 Å². The number of aromatic nitrogens is 2. The van der Waals surface area contributed by atoms with Crippen molar-refractivity contribution in [3.05, 3.63) is 72.5 Å². The minimum absolute atomic E-state index is 0.0347. The number of fused-ring (bicyclic) bond motifs is 1. The van der Waals surface area contributed by atoms with Crippen LogP contribution in [0.5, 0.6) is 5.75 Å². The molecule has 1 fully saturated rings. The molecule has 3 aromatic carbocycles. The number of ether oxygens (including phenoxy) is 1. The van der Waals surface area contributed by atoms with Crippen LogP contribution < -0.4 is 14.8 Å². The molecule has 6 nitrogen and oxygen atoms in total. The van der Waals surface area contributed by atoms with Crippen molar-refractivity contribution in [3.8, 4) is 5.75 Å². The zero-order chi connectivity index (χ0) is 28.0. The van der Waals surface area contributed by atoms with Gasteiger partial charge in [-0.1, -0.05) is 45.2 Å². The molecule has 208 valence electrons. The Morgan fingerprint density at radius 2 is 1.62 bits per heavy atom. The van der Waals surface area contributed by atoms with Gasteiger partial charge >= 0.3 is 6.36 Å². The number of halogens is 4. The molecule has 39 heavy (non-hydrogen) atoms. The summed E-state index contributed by atoms with van der Waals surface area (Å²) < 4.78 is 69.4. The molecule has 1 saturated carbocycles. The number of hydrogen-bond donors (Lipinski definition) is 3. The predicted molar refractivity (Wildman–Crippen MR) is 146 cm³/mol. The summed E-state index contributed by atoms with van der Waals surface area (Å²) in [6, 6.07) is 15.9. The van der Waals surface area contributed by atoms with E-state index in [1.54, 1.807) is 24.3 Å². The molecule has 1 unspecified atom stereocenters. The zero-order valence-electron chi connectivity index (χ0n) is 21.6. The fraction of sp³-hybridized carbons (Fsp3) is 0.321. The average Bonchev–Trinajstić information content (AvgIpc) is 3.26. The Bertz CT molecular complexity index is 1410. The first-order chi connectivity index (χ1) is 18.5. The minimum Gasteiger partial charge on any atom is -0.406 e. The summed E-state index contributed by atoms with van der Waals surface area (Å²) >= 11 is 0. The fourth-order valence-corrected chi connectivity index (χ4v) is 5.17. The second-order valence-electron chi connectivity index (χ2n) is 10.0. The van der Waals surface area contributed by atoms with E-state index >= 15 is 0 Å². The molecule has 1 atom stereocenters. The molecule has 1 aliphatic carbocycles. The summed E-state index contributed by atoms with van der Waals surface area (Å²) in [5, 5.41) is 2.94. The molecule has 1 aromatic heterocycles. The molecule has 0 bridgehead atoms. The largest absolute Gasteiger partial charge is 0.573 e. The van der Waals surface area contributed by atoms with Crippen LogP contribution in [0.2, 0.25) is 0 Å². The maximum Gasteiger partial charge on any atom is 0.573 e. The number of aromatic amines is 1. The highest BCUT2D eigenvalue weighted by Crippen LogP contribution is 2.34. The van der Waals surface area contributed by atoms with Gasteiger partial charge in [-0.25, -0.2) is 13.6 Å². The van der Waals surface area contributed by atoms with E-state index in [1.807, 2.05) is 0 Å². The molecule has 5 rings (SSSR count). The van der Waals surface area contributed by atoms with Gasteiger partial charge in [0.1, 0.15) is 11.6 Å². The molecule has 4 aromatic rings. The molecule has 3 N–H and O–H groups in total. The SMILES string of the molecule is CC1(C)CCCCC1.O=S(Nc1ccc2nc(Nc3ccc(OC(F)(F)F)cc3)[nH]c2c1)c1ccccc1F. The van der Waals surface area contributed by atoms with Crippen molar-refractivity contribution in [2.75, 3.05) is 10.0 Å². The molecular weight excluding hydrogens is 532 g/mol. The summed E-state index contributed by atoms with van der Waals surface area (Å²) in [6.07, 6.45) is 2.55. The van der Waals surface area contributed by atoms with Crippen LogP contribution in [-0.4, -0.2) is 20.5 Å². The topological polar surface area (TPSA) is 79.0 Å². The number of nitrogens with zero attached hydrogens (tertiary/aromatic N) is 1. The molecule has 1 aliphatic rings. The van der Waals surface area contributed by atoms with Crippen LogP contribution in [0.3, 0.4) is 0 Å². The van der Waals surface area contributed by atoms with Crippen LogP contribution in [0.4, 0.5) is 34.9 Å². The lowest BCUT2D eigenvalue weighted by atomic mass is 9.78. The standard InChI is InChI=1S/C20H14F4N4O2S.C8H16/c21-15-3-1-2-4-18(15)31(29)28-13-7-10-16-17(11-13)27-19(26-16)25-12-5-8-14(9-6-12)30-20(22,23)24;1-8(2)6-4-3-5-7-8/h1-11,28H,(H2,25,26,27);3-7H2,1-2H3. The van der Waals surface area contributed by atoms with Crippen molar-refractivity contribution in [3.63, 3.8) is 0 Å². The molecule has 0 spiro atoms. The Kier molecular flexibility index (Phi) is 8.79. The van der Waals surface area contributed by atoms with Gasteiger partial charge in [-0.05, 0) is 72.9 Å². The Hall–Kier alpha value is -3.60. The number of imidazole rings is 1. The van der Waals surface area contributed by atoms with E-state index < -0.39 is 23.2 Å². The number of rotatable bonds is 6. The van der Waals surface area contributed by atoms with Gasteiger partial charge in [0.25, 0.3) is 0 Å². The van der Waals surface area contributed by atoms with Crippen molar-refractivity contribution in [2.45, 2.75) is 57.2 Å². The normalized spacial score (nSPS) is 15.6.